The Labute approximate surface area is 209 Å². The Bertz CT molecular complexity index is 1180. The fraction of sp³-hybridized carbons (Fsp3) is 0.577. The number of allylic oxidation sites excluding steroid dienone is 2. The van der Waals surface area contributed by atoms with Crippen LogP contribution in [0.15, 0.2) is 36.1 Å². The molecule has 2 aliphatic carbocycles. The second-order valence-corrected chi connectivity index (χ2v) is 10.3. The number of aliphatic hydroxyl groups excluding tert-OH is 1. The standard InChI is InChI=1S/C26H33FN6O3/c1-16(19-12-17(27)14-32(19)2)36-22-13-21(33-11-10-29-15-33)30-25(31-22)23(28)18-6-5-9-26(24(18)35)8-4-3-7-20(26)34/h10-11,13,15-17,19,28,35H,3-9,12,14H2,1-2H3/t16-,17+,19-,26+/m0/s1. The second kappa shape index (κ2) is 9.72. The van der Waals surface area contributed by atoms with Crippen LogP contribution in [0.3, 0.4) is 0 Å². The summed E-state index contributed by atoms with van der Waals surface area (Å²) in [4.78, 5) is 28.0. The zero-order valence-electron chi connectivity index (χ0n) is 20.8. The van der Waals surface area contributed by atoms with Crippen molar-refractivity contribution < 1.29 is 19.0 Å². The zero-order valence-corrected chi connectivity index (χ0v) is 20.8. The number of hydrogen-bond acceptors (Lipinski definition) is 8. The summed E-state index contributed by atoms with van der Waals surface area (Å²) in [6.07, 6.45) is 8.71. The SMILES string of the molecule is C[C@H](Oc1cc(-n2ccnc2)nc(C(=N)C2=C(O)[C@]3(CCCCC3=O)CCC2)n1)[C@@H]1C[C@@H](F)CN1C. The molecule has 36 heavy (non-hydrogen) atoms. The summed E-state index contributed by atoms with van der Waals surface area (Å²) >= 11 is 0. The van der Waals surface area contributed by atoms with Crippen LogP contribution >= 0.6 is 0 Å². The Morgan fingerprint density at radius 3 is 2.78 bits per heavy atom. The number of imidazole rings is 1. The molecule has 0 amide bonds. The van der Waals surface area contributed by atoms with Gasteiger partial charge in [0.15, 0.2) is 5.82 Å². The normalized spacial score (nSPS) is 28.0. The van der Waals surface area contributed by atoms with Crippen LogP contribution < -0.4 is 4.74 Å². The number of hydrogen-bond donors (Lipinski definition) is 2. The first kappa shape index (κ1) is 24.5. The van der Waals surface area contributed by atoms with E-state index in [9.17, 15) is 14.3 Å². The average molecular weight is 497 g/mol. The van der Waals surface area contributed by atoms with E-state index in [1.165, 1.54) is 0 Å². The predicted octanol–water partition coefficient (Wildman–Crippen LogP) is 3.97. The second-order valence-electron chi connectivity index (χ2n) is 10.3. The summed E-state index contributed by atoms with van der Waals surface area (Å²) < 4.78 is 21.8. The number of Topliss-reactive ketones (excluding diaryl/α,β-unsaturated/α-hetero) is 1. The topological polar surface area (TPSA) is 117 Å². The molecule has 1 aliphatic heterocycles. The number of likely N-dealkylation sites (tertiary alicyclic amines) is 1. The molecule has 3 aliphatic rings. The van der Waals surface area contributed by atoms with Crippen molar-refractivity contribution in [3.05, 3.63) is 41.9 Å². The molecule has 2 aromatic heterocycles. The smallest absolute Gasteiger partial charge is 0.219 e. The summed E-state index contributed by atoms with van der Waals surface area (Å²) in [6, 6.07) is 1.56. The van der Waals surface area contributed by atoms with Gasteiger partial charge in [-0.3, -0.25) is 19.7 Å². The Morgan fingerprint density at radius 1 is 1.28 bits per heavy atom. The Hall–Kier alpha value is -3.14. The summed E-state index contributed by atoms with van der Waals surface area (Å²) in [5.41, 5.74) is -0.468. The monoisotopic (exact) mass is 496 g/mol. The van der Waals surface area contributed by atoms with Crippen LogP contribution in [-0.4, -0.2) is 72.9 Å². The highest BCUT2D eigenvalue weighted by Gasteiger charge is 2.47. The molecule has 1 saturated heterocycles. The fourth-order valence-corrected chi connectivity index (χ4v) is 5.97. The molecule has 0 radical (unpaired) electrons. The van der Waals surface area contributed by atoms with Crippen molar-refractivity contribution in [3.8, 4) is 11.7 Å². The van der Waals surface area contributed by atoms with E-state index in [2.05, 4.69) is 15.0 Å². The number of alkyl halides is 1. The van der Waals surface area contributed by atoms with Crippen molar-refractivity contribution in [3.63, 3.8) is 0 Å². The maximum Gasteiger partial charge on any atom is 0.219 e. The molecule has 10 heteroatoms. The van der Waals surface area contributed by atoms with Crippen LogP contribution in [0.1, 0.15) is 64.1 Å². The van der Waals surface area contributed by atoms with Gasteiger partial charge >= 0.3 is 0 Å². The minimum Gasteiger partial charge on any atom is -0.511 e. The molecule has 4 atom stereocenters. The molecule has 192 valence electrons. The van der Waals surface area contributed by atoms with Gasteiger partial charge in [-0.05, 0) is 52.5 Å². The van der Waals surface area contributed by atoms with Gasteiger partial charge in [0, 0.05) is 43.0 Å². The van der Waals surface area contributed by atoms with Gasteiger partial charge < -0.3 is 9.84 Å². The molecule has 5 rings (SSSR count). The molecular weight excluding hydrogens is 463 g/mol. The summed E-state index contributed by atoms with van der Waals surface area (Å²) in [7, 11) is 1.88. The van der Waals surface area contributed by atoms with Gasteiger partial charge in [0.25, 0.3) is 0 Å². The maximum absolute atomic E-state index is 14.0. The number of aliphatic hydroxyl groups is 1. The van der Waals surface area contributed by atoms with Crippen molar-refractivity contribution in [2.75, 3.05) is 13.6 Å². The van der Waals surface area contributed by atoms with E-state index in [0.29, 0.717) is 56.5 Å². The molecule has 1 spiro atoms. The third-order valence-electron chi connectivity index (χ3n) is 7.94. The lowest BCUT2D eigenvalue weighted by atomic mass is 9.64. The lowest BCUT2D eigenvalue weighted by Crippen LogP contribution is -2.39. The lowest BCUT2D eigenvalue weighted by molar-refractivity contribution is -0.131. The van der Waals surface area contributed by atoms with Crippen LogP contribution in [0.2, 0.25) is 0 Å². The number of aromatic nitrogens is 4. The van der Waals surface area contributed by atoms with Crippen molar-refractivity contribution >= 4 is 11.5 Å². The predicted molar refractivity (Wildman–Crippen MR) is 131 cm³/mol. The molecule has 0 bridgehead atoms. The van der Waals surface area contributed by atoms with Crippen LogP contribution in [0.25, 0.3) is 5.82 Å². The van der Waals surface area contributed by atoms with Crippen molar-refractivity contribution in [1.29, 1.82) is 5.41 Å². The van der Waals surface area contributed by atoms with E-state index in [4.69, 9.17) is 10.1 Å². The first-order valence-electron chi connectivity index (χ1n) is 12.7. The molecule has 0 aromatic carbocycles. The van der Waals surface area contributed by atoms with Crippen molar-refractivity contribution in [2.24, 2.45) is 5.41 Å². The van der Waals surface area contributed by atoms with Gasteiger partial charge in [-0.15, -0.1) is 0 Å². The molecule has 3 heterocycles. The number of ether oxygens (including phenoxy) is 1. The minimum atomic E-state index is -0.891. The highest BCUT2D eigenvalue weighted by Crippen LogP contribution is 2.48. The van der Waals surface area contributed by atoms with E-state index < -0.39 is 11.6 Å². The zero-order chi connectivity index (χ0) is 25.4. The van der Waals surface area contributed by atoms with Crippen LogP contribution in [0.4, 0.5) is 4.39 Å². The van der Waals surface area contributed by atoms with Gasteiger partial charge in [-0.1, -0.05) is 6.42 Å². The quantitative estimate of drug-likeness (QED) is 0.581. The van der Waals surface area contributed by atoms with E-state index in [-0.39, 0.29) is 41.1 Å². The Morgan fingerprint density at radius 2 is 2.08 bits per heavy atom. The molecule has 0 unspecified atom stereocenters. The van der Waals surface area contributed by atoms with Crippen LogP contribution in [0, 0.1) is 10.8 Å². The third kappa shape index (κ3) is 4.42. The number of ketones is 1. The lowest BCUT2D eigenvalue weighted by Gasteiger charge is -2.39. The summed E-state index contributed by atoms with van der Waals surface area (Å²) in [5, 5.41) is 20.2. The molecule has 1 saturated carbocycles. The van der Waals surface area contributed by atoms with Crippen molar-refractivity contribution in [1.82, 2.24) is 24.4 Å². The van der Waals surface area contributed by atoms with Gasteiger partial charge in [0.05, 0.1) is 5.41 Å². The minimum absolute atomic E-state index is 0.00813. The molecular formula is C26H33FN6O3. The van der Waals surface area contributed by atoms with E-state index in [0.717, 1.165) is 12.8 Å². The molecule has 2 aromatic rings. The number of halogens is 1. The molecule has 9 nitrogen and oxygen atoms in total. The maximum atomic E-state index is 14.0. The van der Waals surface area contributed by atoms with Gasteiger partial charge in [0.2, 0.25) is 5.88 Å². The summed E-state index contributed by atoms with van der Waals surface area (Å²) in [6.45, 7) is 2.25. The van der Waals surface area contributed by atoms with Gasteiger partial charge in [-0.2, -0.15) is 4.98 Å². The first-order chi connectivity index (χ1) is 17.3. The third-order valence-corrected chi connectivity index (χ3v) is 7.94. The largest absolute Gasteiger partial charge is 0.511 e. The number of likely N-dealkylation sites (N-methyl/N-ethyl adjacent to an activating group) is 1. The first-order valence-corrected chi connectivity index (χ1v) is 12.7. The Balaban J connectivity index is 1.50. The molecule has 2 fully saturated rings. The number of rotatable bonds is 6. The van der Waals surface area contributed by atoms with Crippen LogP contribution in [-0.2, 0) is 4.79 Å². The highest BCUT2D eigenvalue weighted by molar-refractivity contribution is 6.09. The number of nitrogens with one attached hydrogen (secondary N) is 1. The van der Waals surface area contributed by atoms with E-state index in [1.807, 2.05) is 18.9 Å². The fourth-order valence-electron chi connectivity index (χ4n) is 5.97. The molecule has 2 N–H and O–H groups in total. The van der Waals surface area contributed by atoms with E-state index >= 15 is 0 Å². The highest BCUT2D eigenvalue weighted by atomic mass is 19.1. The van der Waals surface area contributed by atoms with E-state index in [1.54, 1.807) is 29.4 Å². The number of carbonyl (C=O) groups excluding carboxylic acids is 1. The van der Waals surface area contributed by atoms with Gasteiger partial charge in [0.1, 0.15) is 41.7 Å². The summed E-state index contributed by atoms with van der Waals surface area (Å²) in [5.74, 6) is 0.905. The van der Waals surface area contributed by atoms with Crippen LogP contribution in [0.5, 0.6) is 5.88 Å². The van der Waals surface area contributed by atoms with Crippen molar-refractivity contribution in [2.45, 2.75) is 76.6 Å². The van der Waals surface area contributed by atoms with Gasteiger partial charge in [-0.25, -0.2) is 14.4 Å². The average Bonchev–Trinajstić information content (AvgIpc) is 3.51. The number of carbonyl (C=O) groups is 1. The number of nitrogens with zero attached hydrogens (tertiary/aromatic N) is 5. The Kier molecular flexibility index (Phi) is 6.63.